The molecule has 0 amide bonds. The molecule has 3 heterocycles. The number of aliphatic imine (C=N–C) groups is 2. The zero-order valence-corrected chi connectivity index (χ0v) is 16.9. The largest absolute Gasteiger partial charge is 0.260 e. The molecule has 2 nitrogen and oxygen atoms in total. The van der Waals surface area contributed by atoms with Crippen LogP contribution in [0.5, 0.6) is 0 Å². The van der Waals surface area contributed by atoms with E-state index in [2.05, 4.69) is 24.2 Å². The summed E-state index contributed by atoms with van der Waals surface area (Å²) in [5.41, 5.74) is 4.10. The number of hydrogen-bond donors (Lipinski definition) is 0. The predicted molar refractivity (Wildman–Crippen MR) is 112 cm³/mol. The second-order valence-electron chi connectivity index (χ2n) is 6.93. The van der Waals surface area contributed by atoms with Crippen LogP contribution in [0.1, 0.15) is 54.5 Å². The maximum atomic E-state index is 4.95. The Balaban J connectivity index is 1.51. The molecule has 4 rings (SSSR count). The van der Waals surface area contributed by atoms with E-state index in [1.54, 1.807) is 0 Å². The van der Waals surface area contributed by atoms with E-state index in [9.17, 15) is 0 Å². The lowest BCUT2D eigenvalue weighted by molar-refractivity contribution is 0.391. The van der Waals surface area contributed by atoms with Crippen LogP contribution >= 0.6 is 34.4 Å². The highest BCUT2D eigenvalue weighted by molar-refractivity contribution is 8.13. The summed E-state index contributed by atoms with van der Waals surface area (Å²) in [7, 11) is 0. The number of thioether (sulfide) groups is 1. The Bertz CT molecular complexity index is 791. The highest BCUT2D eigenvalue weighted by atomic mass is 32.2. The van der Waals surface area contributed by atoms with Crippen molar-refractivity contribution in [1.82, 2.24) is 0 Å². The van der Waals surface area contributed by atoms with Crippen molar-refractivity contribution in [3.8, 4) is 0 Å². The van der Waals surface area contributed by atoms with Crippen molar-refractivity contribution < 1.29 is 0 Å². The molecule has 2 aliphatic rings. The molecule has 0 saturated heterocycles. The van der Waals surface area contributed by atoms with Gasteiger partial charge in [-0.15, -0.1) is 22.7 Å². The molecular weight excluding hydrogens is 352 g/mol. The van der Waals surface area contributed by atoms with Gasteiger partial charge in [0.1, 0.15) is 0 Å². The molecule has 0 atom stereocenters. The van der Waals surface area contributed by atoms with Crippen molar-refractivity contribution in [1.29, 1.82) is 0 Å². The van der Waals surface area contributed by atoms with E-state index in [1.165, 1.54) is 69.0 Å². The Morgan fingerprint density at radius 2 is 2.04 bits per heavy atom. The lowest BCUT2D eigenvalue weighted by Gasteiger charge is -2.21. The van der Waals surface area contributed by atoms with E-state index >= 15 is 0 Å². The number of thiophene rings is 2. The van der Waals surface area contributed by atoms with Crippen molar-refractivity contribution in [2.45, 2.75) is 52.4 Å². The average Bonchev–Trinajstić information content (AvgIpc) is 3.15. The van der Waals surface area contributed by atoms with Gasteiger partial charge in [0.25, 0.3) is 0 Å². The number of fused-ring (bicyclic) bond motifs is 1. The summed E-state index contributed by atoms with van der Waals surface area (Å²) < 4.78 is 1.45. The molecule has 24 heavy (non-hydrogen) atoms. The molecule has 1 fully saturated rings. The molecule has 1 aliphatic carbocycles. The fraction of sp³-hybridized carbons (Fsp3) is 0.579. The van der Waals surface area contributed by atoms with Crippen LogP contribution in [0.25, 0.3) is 9.40 Å². The van der Waals surface area contributed by atoms with Gasteiger partial charge in [0.15, 0.2) is 5.17 Å². The highest BCUT2D eigenvalue weighted by Gasteiger charge is 2.20. The van der Waals surface area contributed by atoms with Crippen LogP contribution in [-0.2, 0) is 0 Å². The van der Waals surface area contributed by atoms with Crippen LogP contribution in [-0.4, -0.2) is 23.2 Å². The second-order valence-corrected chi connectivity index (χ2v) is 10.1. The summed E-state index contributed by atoms with van der Waals surface area (Å²) >= 11 is 5.68. The van der Waals surface area contributed by atoms with E-state index in [0.717, 1.165) is 24.1 Å². The number of nitrogens with zero attached hydrogens (tertiary/aromatic N) is 2. The zero-order valence-electron chi connectivity index (χ0n) is 14.4. The van der Waals surface area contributed by atoms with Crippen molar-refractivity contribution in [3.63, 3.8) is 0 Å². The van der Waals surface area contributed by atoms with E-state index in [-0.39, 0.29) is 0 Å². The molecule has 0 N–H and O–H groups in total. The molecule has 2 aromatic rings. The Morgan fingerprint density at radius 3 is 2.83 bits per heavy atom. The maximum absolute atomic E-state index is 4.95. The smallest absolute Gasteiger partial charge is 0.183 e. The number of hydrogen-bond acceptors (Lipinski definition) is 5. The van der Waals surface area contributed by atoms with Crippen LogP contribution in [0.4, 0.5) is 0 Å². The van der Waals surface area contributed by atoms with Gasteiger partial charge in [0.05, 0.1) is 14.6 Å². The maximum Gasteiger partial charge on any atom is 0.183 e. The van der Waals surface area contributed by atoms with Gasteiger partial charge in [-0.25, -0.2) is 4.99 Å². The first kappa shape index (κ1) is 16.8. The van der Waals surface area contributed by atoms with Crippen LogP contribution in [0, 0.1) is 19.8 Å². The summed E-state index contributed by atoms with van der Waals surface area (Å²) in [6, 6.07) is 0. The molecule has 0 aromatic carbocycles. The normalized spacial score (nSPS) is 19.6. The predicted octanol–water partition coefficient (Wildman–Crippen LogP) is 6.44. The highest BCUT2D eigenvalue weighted by Crippen LogP contribution is 2.38. The average molecular weight is 377 g/mol. The first-order valence-electron chi connectivity index (χ1n) is 8.94. The summed E-state index contributed by atoms with van der Waals surface area (Å²) in [5, 5.41) is 4.75. The molecule has 0 unspecified atom stereocenters. The molecule has 0 radical (unpaired) electrons. The minimum atomic E-state index is 0.878. The van der Waals surface area contributed by atoms with Gasteiger partial charge in [0.2, 0.25) is 0 Å². The molecule has 0 spiro atoms. The van der Waals surface area contributed by atoms with Crippen molar-refractivity contribution >= 4 is 54.7 Å². The molecule has 0 bridgehead atoms. The third-order valence-electron chi connectivity index (χ3n) is 5.11. The monoisotopic (exact) mass is 376 g/mol. The standard InChI is InChI=1S/C19H24N2S3/c1-12-10-22-18-16(12)13(2)17(24-18)15-8-9-20-19(21-15)23-11-14-6-4-3-5-7-14/h10,14H,3-9,11H2,1-2H3. The van der Waals surface area contributed by atoms with Gasteiger partial charge < -0.3 is 0 Å². The molecular formula is C19H24N2S3. The lowest BCUT2D eigenvalue weighted by atomic mass is 9.91. The second kappa shape index (κ2) is 7.30. The lowest BCUT2D eigenvalue weighted by Crippen LogP contribution is -2.14. The summed E-state index contributed by atoms with van der Waals surface area (Å²) in [4.78, 5) is 11.0. The van der Waals surface area contributed by atoms with E-state index < -0.39 is 0 Å². The number of aryl methyl sites for hydroxylation is 2. The van der Waals surface area contributed by atoms with Crippen LogP contribution < -0.4 is 0 Å². The van der Waals surface area contributed by atoms with Gasteiger partial charge >= 0.3 is 0 Å². The molecule has 2 aromatic heterocycles. The van der Waals surface area contributed by atoms with E-state index in [0.29, 0.717) is 0 Å². The summed E-state index contributed by atoms with van der Waals surface area (Å²) in [6.45, 7) is 5.38. The minimum absolute atomic E-state index is 0.878. The van der Waals surface area contributed by atoms with Gasteiger partial charge in [-0.1, -0.05) is 31.0 Å². The van der Waals surface area contributed by atoms with Gasteiger partial charge in [-0.05, 0) is 49.1 Å². The first-order chi connectivity index (χ1) is 11.7. The number of rotatable bonds is 3. The fourth-order valence-corrected chi connectivity index (χ4v) is 7.37. The molecule has 1 saturated carbocycles. The van der Waals surface area contributed by atoms with Crippen LogP contribution in [0.3, 0.4) is 0 Å². The van der Waals surface area contributed by atoms with Crippen LogP contribution in [0.15, 0.2) is 15.4 Å². The first-order valence-corrected chi connectivity index (χ1v) is 11.6. The Hall–Kier alpha value is -0.650. The quantitative estimate of drug-likeness (QED) is 0.605. The number of amidine groups is 1. The van der Waals surface area contributed by atoms with Crippen molar-refractivity contribution in [3.05, 3.63) is 21.4 Å². The summed E-state index contributed by atoms with van der Waals surface area (Å²) in [5.74, 6) is 2.08. The SMILES string of the molecule is Cc1csc2sc(C3=NC(SCC4CCCCC4)=NCC3)c(C)c12. The van der Waals surface area contributed by atoms with Gasteiger partial charge in [-0.3, -0.25) is 4.99 Å². The Kier molecular flexibility index (Phi) is 5.11. The van der Waals surface area contributed by atoms with Gasteiger partial charge in [0, 0.05) is 24.1 Å². The zero-order chi connectivity index (χ0) is 16.5. The van der Waals surface area contributed by atoms with Crippen molar-refractivity contribution in [2.75, 3.05) is 12.3 Å². The Labute approximate surface area is 156 Å². The topological polar surface area (TPSA) is 24.7 Å². The molecule has 5 heteroatoms. The van der Waals surface area contributed by atoms with E-state index in [4.69, 9.17) is 4.99 Å². The third-order valence-corrected chi connectivity index (χ3v) is 8.79. The summed E-state index contributed by atoms with van der Waals surface area (Å²) in [6.07, 6.45) is 8.04. The molecule has 1 aliphatic heterocycles. The fourth-order valence-electron chi connectivity index (χ4n) is 3.76. The third kappa shape index (κ3) is 3.35. The minimum Gasteiger partial charge on any atom is -0.260 e. The molecule has 128 valence electrons. The van der Waals surface area contributed by atoms with Crippen molar-refractivity contribution in [2.24, 2.45) is 15.9 Å². The van der Waals surface area contributed by atoms with E-state index in [1.807, 2.05) is 34.4 Å². The van der Waals surface area contributed by atoms with Crippen LogP contribution in [0.2, 0.25) is 0 Å². The Morgan fingerprint density at radius 1 is 1.21 bits per heavy atom. The van der Waals surface area contributed by atoms with Gasteiger partial charge in [-0.2, -0.15) is 0 Å².